The number of carbonyl (C=O) groups is 1. The number of benzene rings is 1. The highest BCUT2D eigenvalue weighted by molar-refractivity contribution is 8.26. The number of thioether (sulfide) groups is 1. The van der Waals surface area contributed by atoms with Crippen LogP contribution in [0.3, 0.4) is 0 Å². The minimum absolute atomic E-state index is 0.187. The second-order valence-corrected chi connectivity index (χ2v) is 10.4. The molecule has 1 aliphatic heterocycles. The summed E-state index contributed by atoms with van der Waals surface area (Å²) in [6, 6.07) is 13.4. The summed E-state index contributed by atoms with van der Waals surface area (Å²) in [4.78, 5) is 36.3. The predicted molar refractivity (Wildman–Crippen MR) is 149 cm³/mol. The van der Waals surface area contributed by atoms with Crippen LogP contribution in [-0.2, 0) is 4.79 Å². The van der Waals surface area contributed by atoms with E-state index < -0.39 is 0 Å². The van der Waals surface area contributed by atoms with Crippen molar-refractivity contribution in [2.75, 3.05) is 18.0 Å². The molecule has 0 aliphatic carbocycles. The van der Waals surface area contributed by atoms with Crippen molar-refractivity contribution < 1.29 is 4.79 Å². The van der Waals surface area contributed by atoms with Gasteiger partial charge in [-0.3, -0.25) is 18.9 Å². The Hall–Kier alpha value is -2.97. The van der Waals surface area contributed by atoms with Gasteiger partial charge in [0.25, 0.3) is 11.5 Å². The van der Waals surface area contributed by atoms with Gasteiger partial charge < -0.3 is 4.90 Å². The molecule has 6 nitrogen and oxygen atoms in total. The summed E-state index contributed by atoms with van der Waals surface area (Å²) < 4.78 is 2.05. The van der Waals surface area contributed by atoms with Crippen LogP contribution < -0.4 is 10.5 Å². The second-order valence-electron chi connectivity index (χ2n) is 8.71. The molecule has 0 spiro atoms. The van der Waals surface area contributed by atoms with Crippen LogP contribution >= 0.6 is 24.0 Å². The zero-order chi connectivity index (χ0) is 25.1. The lowest BCUT2D eigenvalue weighted by Crippen LogP contribution is -2.32. The third-order valence-corrected chi connectivity index (χ3v) is 7.37. The standard InChI is InChI=1S/C27H30N4O2S2/c1-5-14-29(15-6-2)24-21(25(32)30-17-18(3)12-13-23(30)28-24)16-22-26(33)31(27(34)35-22)19(4)20-10-8-7-9-11-20/h7-13,16-17,19H,5-6,14-15H2,1-4H3. The van der Waals surface area contributed by atoms with E-state index in [1.54, 1.807) is 21.6 Å². The largest absolute Gasteiger partial charge is 0.356 e. The first kappa shape index (κ1) is 25.1. The Balaban J connectivity index is 1.84. The highest BCUT2D eigenvalue weighted by atomic mass is 32.2. The lowest BCUT2D eigenvalue weighted by Gasteiger charge is -2.25. The molecule has 1 atom stereocenters. The number of amides is 1. The van der Waals surface area contributed by atoms with Crippen LogP contribution in [0, 0.1) is 6.92 Å². The van der Waals surface area contributed by atoms with E-state index >= 15 is 0 Å². The van der Waals surface area contributed by atoms with E-state index in [4.69, 9.17) is 17.2 Å². The van der Waals surface area contributed by atoms with Gasteiger partial charge in [0.1, 0.15) is 15.8 Å². The van der Waals surface area contributed by atoms with E-state index in [1.165, 1.54) is 11.8 Å². The number of hydrogen-bond acceptors (Lipinski definition) is 6. The third-order valence-electron chi connectivity index (χ3n) is 6.04. The van der Waals surface area contributed by atoms with Crippen LogP contribution in [0.15, 0.2) is 58.4 Å². The molecule has 1 aliphatic rings. The number of thiocarbonyl (C=S) groups is 1. The Morgan fingerprint density at radius 2 is 1.77 bits per heavy atom. The Morgan fingerprint density at radius 3 is 2.43 bits per heavy atom. The molecule has 1 saturated heterocycles. The first-order chi connectivity index (χ1) is 16.8. The van der Waals surface area contributed by atoms with Gasteiger partial charge in [-0.15, -0.1) is 0 Å². The molecule has 0 bridgehead atoms. The quantitative estimate of drug-likeness (QED) is 0.293. The van der Waals surface area contributed by atoms with Crippen LogP contribution in [0.5, 0.6) is 0 Å². The molecule has 3 heterocycles. The van der Waals surface area contributed by atoms with Crippen molar-refractivity contribution in [3.63, 3.8) is 0 Å². The van der Waals surface area contributed by atoms with Crippen molar-refractivity contribution >= 4 is 51.7 Å². The fourth-order valence-corrected chi connectivity index (χ4v) is 5.70. The number of aromatic nitrogens is 2. The SMILES string of the molecule is CCCN(CCC)c1nc2ccc(C)cn2c(=O)c1C=C1SC(=S)N(C(C)c2ccccc2)C1=O. The van der Waals surface area contributed by atoms with Crippen LogP contribution in [0.2, 0.25) is 0 Å². The van der Waals surface area contributed by atoms with E-state index in [0.717, 1.165) is 37.1 Å². The van der Waals surface area contributed by atoms with Crippen LogP contribution in [0.25, 0.3) is 11.7 Å². The predicted octanol–water partition coefficient (Wildman–Crippen LogP) is 5.59. The van der Waals surface area contributed by atoms with Gasteiger partial charge >= 0.3 is 0 Å². The molecule has 1 aromatic carbocycles. The zero-order valence-corrected chi connectivity index (χ0v) is 22.2. The van der Waals surface area contributed by atoms with Crippen molar-refractivity contribution in [2.45, 2.75) is 46.6 Å². The first-order valence-electron chi connectivity index (χ1n) is 12.0. The van der Waals surface area contributed by atoms with Gasteiger partial charge in [0.2, 0.25) is 0 Å². The van der Waals surface area contributed by atoms with Gasteiger partial charge in [0.15, 0.2) is 0 Å². The minimum Gasteiger partial charge on any atom is -0.356 e. The normalized spacial score (nSPS) is 15.9. The molecule has 2 aromatic heterocycles. The van der Waals surface area contributed by atoms with Gasteiger partial charge in [0, 0.05) is 19.3 Å². The number of nitrogens with zero attached hydrogens (tertiary/aromatic N) is 4. The summed E-state index contributed by atoms with van der Waals surface area (Å²) in [6.45, 7) is 9.67. The molecule has 4 rings (SSSR count). The second kappa shape index (κ2) is 10.7. The van der Waals surface area contributed by atoms with Crippen molar-refractivity contribution in [2.24, 2.45) is 0 Å². The Labute approximate surface area is 215 Å². The Morgan fingerprint density at radius 1 is 1.09 bits per heavy atom. The van der Waals surface area contributed by atoms with Gasteiger partial charge in [-0.05, 0) is 50.0 Å². The van der Waals surface area contributed by atoms with Gasteiger partial charge in [-0.25, -0.2) is 4.98 Å². The molecular weight excluding hydrogens is 476 g/mol. The first-order valence-corrected chi connectivity index (χ1v) is 13.2. The highest BCUT2D eigenvalue weighted by Gasteiger charge is 2.36. The average molecular weight is 507 g/mol. The summed E-state index contributed by atoms with van der Waals surface area (Å²) in [6.07, 6.45) is 5.32. The van der Waals surface area contributed by atoms with E-state index in [0.29, 0.717) is 26.3 Å². The molecule has 0 N–H and O–H groups in total. The van der Waals surface area contributed by atoms with E-state index in [2.05, 4.69) is 18.7 Å². The van der Waals surface area contributed by atoms with Crippen molar-refractivity contribution in [3.05, 3.63) is 80.6 Å². The molecule has 1 unspecified atom stereocenters. The maximum absolute atomic E-state index is 13.7. The zero-order valence-electron chi connectivity index (χ0n) is 20.5. The maximum Gasteiger partial charge on any atom is 0.267 e. The molecule has 182 valence electrons. The summed E-state index contributed by atoms with van der Waals surface area (Å²) in [7, 11) is 0. The molecule has 8 heteroatoms. The number of rotatable bonds is 8. The summed E-state index contributed by atoms with van der Waals surface area (Å²) >= 11 is 6.84. The molecule has 0 radical (unpaired) electrons. The highest BCUT2D eigenvalue weighted by Crippen LogP contribution is 2.38. The van der Waals surface area contributed by atoms with Crippen LogP contribution in [-0.4, -0.2) is 37.6 Å². The molecule has 0 saturated carbocycles. The molecule has 1 amide bonds. The Bertz CT molecular complexity index is 1340. The van der Waals surface area contributed by atoms with Crippen molar-refractivity contribution in [3.8, 4) is 0 Å². The molecular formula is C27H30N4O2S2. The van der Waals surface area contributed by atoms with E-state index in [1.807, 2.05) is 56.3 Å². The van der Waals surface area contributed by atoms with Gasteiger partial charge in [0.05, 0.1) is 16.5 Å². The molecule has 1 fully saturated rings. The lowest BCUT2D eigenvalue weighted by atomic mass is 10.1. The van der Waals surface area contributed by atoms with Crippen molar-refractivity contribution in [1.82, 2.24) is 14.3 Å². The van der Waals surface area contributed by atoms with Crippen molar-refractivity contribution in [1.29, 1.82) is 0 Å². The number of aryl methyl sites for hydroxylation is 1. The minimum atomic E-state index is -0.204. The molecule has 35 heavy (non-hydrogen) atoms. The van der Waals surface area contributed by atoms with E-state index in [9.17, 15) is 9.59 Å². The summed E-state index contributed by atoms with van der Waals surface area (Å²) in [5.74, 6) is 0.428. The van der Waals surface area contributed by atoms with Gasteiger partial charge in [-0.1, -0.05) is 74.2 Å². The fourth-order valence-electron chi connectivity index (χ4n) is 4.30. The monoisotopic (exact) mass is 506 g/mol. The number of pyridine rings is 1. The van der Waals surface area contributed by atoms with E-state index in [-0.39, 0.29) is 17.5 Å². The topological polar surface area (TPSA) is 57.9 Å². The number of hydrogen-bond donors (Lipinski definition) is 0. The Kier molecular flexibility index (Phi) is 7.72. The smallest absolute Gasteiger partial charge is 0.267 e. The fraction of sp³-hybridized carbons (Fsp3) is 0.333. The lowest BCUT2D eigenvalue weighted by molar-refractivity contribution is -0.123. The van der Waals surface area contributed by atoms with Crippen LogP contribution in [0.4, 0.5) is 5.82 Å². The number of anilines is 1. The number of carbonyl (C=O) groups excluding carboxylic acids is 1. The maximum atomic E-state index is 13.7. The van der Waals surface area contributed by atoms with Crippen LogP contribution in [0.1, 0.15) is 56.3 Å². The van der Waals surface area contributed by atoms with Gasteiger partial charge in [-0.2, -0.15) is 0 Å². The average Bonchev–Trinajstić information content (AvgIpc) is 3.13. The number of fused-ring (bicyclic) bond motifs is 1. The summed E-state index contributed by atoms with van der Waals surface area (Å²) in [5.41, 5.74) is 2.79. The summed E-state index contributed by atoms with van der Waals surface area (Å²) in [5, 5.41) is 0. The third kappa shape index (κ3) is 5.04. The molecule has 3 aromatic rings.